The smallest absolute Gasteiger partial charge is 0.306 e. The topological polar surface area (TPSA) is 52.6 Å². The molecular weight excluding hydrogens is 316 g/mol. The summed E-state index contributed by atoms with van der Waals surface area (Å²) in [6, 6.07) is 12.7. The Labute approximate surface area is 148 Å². The number of carbonyl (C=O) groups is 2. The van der Waals surface area contributed by atoms with Crippen molar-refractivity contribution >= 4 is 22.7 Å². The average Bonchev–Trinajstić information content (AvgIpc) is 2.64. The minimum atomic E-state index is -0.283. The molecule has 0 heterocycles. The van der Waals surface area contributed by atoms with Gasteiger partial charge in [-0.25, -0.2) is 0 Å². The molecule has 1 aliphatic carbocycles. The van der Waals surface area contributed by atoms with Crippen molar-refractivity contribution in [2.45, 2.75) is 43.9 Å². The van der Waals surface area contributed by atoms with Crippen LogP contribution in [0.4, 0.5) is 0 Å². The predicted molar refractivity (Wildman–Crippen MR) is 96.4 cm³/mol. The number of carbonyl (C=O) groups excluding carboxylic acids is 2. The Morgan fingerprint density at radius 1 is 1.04 bits per heavy atom. The van der Waals surface area contributed by atoms with Crippen molar-refractivity contribution < 1.29 is 19.1 Å². The Morgan fingerprint density at radius 2 is 1.76 bits per heavy atom. The zero-order valence-corrected chi connectivity index (χ0v) is 14.8. The fourth-order valence-corrected chi connectivity index (χ4v) is 4.13. The van der Waals surface area contributed by atoms with Gasteiger partial charge in [-0.05, 0) is 47.6 Å². The van der Waals surface area contributed by atoms with Crippen LogP contribution in [-0.2, 0) is 30.9 Å². The Morgan fingerprint density at radius 3 is 2.48 bits per heavy atom. The van der Waals surface area contributed by atoms with Crippen LogP contribution in [0.25, 0.3) is 10.8 Å². The molecule has 4 heteroatoms. The standard InChI is InChI=1S/C21H24O4/c1-24-18(22)10-5-12-21(14-19(23)25-2)13-11-16-7-3-6-15-8-4-9-17(21)20(15)16/h3-4,6-9H,5,10-14H2,1-2H3. The molecule has 1 unspecified atom stereocenters. The molecule has 4 nitrogen and oxygen atoms in total. The summed E-state index contributed by atoms with van der Waals surface area (Å²) < 4.78 is 9.74. The molecule has 0 bridgehead atoms. The summed E-state index contributed by atoms with van der Waals surface area (Å²) in [6.45, 7) is 0. The van der Waals surface area contributed by atoms with Gasteiger partial charge in [0, 0.05) is 11.8 Å². The molecule has 25 heavy (non-hydrogen) atoms. The third-order valence-electron chi connectivity index (χ3n) is 5.41. The molecule has 0 amide bonds. The highest BCUT2D eigenvalue weighted by Gasteiger charge is 2.38. The van der Waals surface area contributed by atoms with Gasteiger partial charge in [0.2, 0.25) is 0 Å². The van der Waals surface area contributed by atoms with Crippen LogP contribution in [0.2, 0.25) is 0 Å². The van der Waals surface area contributed by atoms with Crippen molar-refractivity contribution in [2.75, 3.05) is 14.2 Å². The van der Waals surface area contributed by atoms with Crippen LogP contribution in [0.5, 0.6) is 0 Å². The van der Waals surface area contributed by atoms with E-state index in [9.17, 15) is 9.59 Å². The van der Waals surface area contributed by atoms with E-state index in [1.54, 1.807) is 0 Å². The zero-order valence-electron chi connectivity index (χ0n) is 14.8. The lowest BCUT2D eigenvalue weighted by Gasteiger charge is -2.38. The Hall–Kier alpha value is -2.36. The molecule has 132 valence electrons. The fraction of sp³-hybridized carbons (Fsp3) is 0.429. The molecule has 2 aromatic rings. The first-order valence-corrected chi connectivity index (χ1v) is 8.74. The molecule has 2 aromatic carbocycles. The zero-order chi connectivity index (χ0) is 17.9. The van der Waals surface area contributed by atoms with E-state index >= 15 is 0 Å². The summed E-state index contributed by atoms with van der Waals surface area (Å²) in [6.07, 6.45) is 4.00. The highest BCUT2D eigenvalue weighted by Crippen LogP contribution is 2.46. The lowest BCUT2D eigenvalue weighted by atomic mass is 9.65. The molecule has 0 fully saturated rings. The first-order valence-electron chi connectivity index (χ1n) is 8.74. The minimum absolute atomic E-state index is 0.200. The van der Waals surface area contributed by atoms with Crippen molar-refractivity contribution in [2.24, 2.45) is 0 Å². The predicted octanol–water partition coefficient (Wildman–Crippen LogP) is 3.93. The van der Waals surface area contributed by atoms with E-state index in [0.29, 0.717) is 19.3 Å². The summed E-state index contributed by atoms with van der Waals surface area (Å²) in [5, 5.41) is 2.47. The van der Waals surface area contributed by atoms with E-state index in [4.69, 9.17) is 9.47 Å². The van der Waals surface area contributed by atoms with Crippen LogP contribution in [0, 0.1) is 0 Å². The lowest BCUT2D eigenvalue weighted by molar-refractivity contribution is -0.142. The van der Waals surface area contributed by atoms with Gasteiger partial charge in [0.25, 0.3) is 0 Å². The molecule has 1 atom stereocenters. The highest BCUT2D eigenvalue weighted by molar-refractivity contribution is 5.91. The van der Waals surface area contributed by atoms with Crippen molar-refractivity contribution in [1.29, 1.82) is 0 Å². The number of hydrogen-bond acceptors (Lipinski definition) is 4. The van der Waals surface area contributed by atoms with Gasteiger partial charge in [-0.3, -0.25) is 9.59 Å². The summed E-state index contributed by atoms with van der Waals surface area (Å²) in [5.41, 5.74) is 2.26. The number of aryl methyl sites for hydroxylation is 1. The molecular formula is C21H24O4. The van der Waals surface area contributed by atoms with E-state index in [0.717, 1.165) is 19.3 Å². The molecule has 0 aliphatic heterocycles. The molecule has 0 saturated carbocycles. The third-order valence-corrected chi connectivity index (χ3v) is 5.41. The van der Waals surface area contributed by atoms with Gasteiger partial charge in [-0.2, -0.15) is 0 Å². The van der Waals surface area contributed by atoms with Crippen molar-refractivity contribution in [1.82, 2.24) is 0 Å². The molecule has 0 spiro atoms. The quantitative estimate of drug-likeness (QED) is 0.748. The van der Waals surface area contributed by atoms with Gasteiger partial charge in [-0.15, -0.1) is 0 Å². The first-order chi connectivity index (χ1) is 12.1. The molecule has 3 rings (SSSR count). The Balaban J connectivity index is 2.01. The third kappa shape index (κ3) is 3.39. The van der Waals surface area contributed by atoms with E-state index < -0.39 is 0 Å². The number of esters is 2. The molecule has 0 aromatic heterocycles. The number of rotatable bonds is 6. The summed E-state index contributed by atoms with van der Waals surface area (Å²) in [4.78, 5) is 23.7. The number of ether oxygens (including phenoxy) is 2. The first kappa shape index (κ1) is 17.5. The van der Waals surface area contributed by atoms with E-state index in [-0.39, 0.29) is 17.4 Å². The highest BCUT2D eigenvalue weighted by atomic mass is 16.5. The van der Waals surface area contributed by atoms with Crippen molar-refractivity contribution in [3.63, 3.8) is 0 Å². The second-order valence-corrected chi connectivity index (χ2v) is 6.78. The van der Waals surface area contributed by atoms with Gasteiger partial charge in [0.05, 0.1) is 20.6 Å². The van der Waals surface area contributed by atoms with Crippen molar-refractivity contribution in [3.8, 4) is 0 Å². The molecule has 1 aliphatic rings. The Kier molecular flexibility index (Phi) is 5.07. The number of methoxy groups -OCH3 is 2. The minimum Gasteiger partial charge on any atom is -0.469 e. The second-order valence-electron chi connectivity index (χ2n) is 6.78. The van der Waals surface area contributed by atoms with Gasteiger partial charge in [0.15, 0.2) is 0 Å². The van der Waals surface area contributed by atoms with Crippen LogP contribution in [-0.4, -0.2) is 26.2 Å². The summed E-state index contributed by atoms with van der Waals surface area (Å²) >= 11 is 0. The van der Waals surface area contributed by atoms with E-state index in [1.807, 2.05) is 0 Å². The van der Waals surface area contributed by atoms with E-state index in [1.165, 1.54) is 36.1 Å². The maximum Gasteiger partial charge on any atom is 0.306 e. The molecule has 0 N–H and O–H groups in total. The summed E-state index contributed by atoms with van der Waals surface area (Å²) in [5.74, 6) is -0.405. The van der Waals surface area contributed by atoms with Crippen LogP contribution in [0.3, 0.4) is 0 Å². The van der Waals surface area contributed by atoms with Gasteiger partial charge in [-0.1, -0.05) is 36.4 Å². The van der Waals surface area contributed by atoms with Crippen molar-refractivity contribution in [3.05, 3.63) is 47.5 Å². The average molecular weight is 340 g/mol. The van der Waals surface area contributed by atoms with Crippen LogP contribution >= 0.6 is 0 Å². The largest absolute Gasteiger partial charge is 0.469 e. The molecule has 0 radical (unpaired) electrons. The molecule has 0 saturated heterocycles. The van der Waals surface area contributed by atoms with Gasteiger partial charge < -0.3 is 9.47 Å². The van der Waals surface area contributed by atoms with Crippen LogP contribution in [0.15, 0.2) is 36.4 Å². The van der Waals surface area contributed by atoms with Crippen LogP contribution in [0.1, 0.15) is 43.2 Å². The SMILES string of the molecule is COC(=O)CCCC1(CC(=O)OC)CCc2cccc3cccc1c23. The van der Waals surface area contributed by atoms with E-state index in [2.05, 4.69) is 36.4 Å². The normalized spacial score (nSPS) is 18.8. The summed E-state index contributed by atoms with van der Waals surface area (Å²) in [7, 11) is 2.84. The van der Waals surface area contributed by atoms with Crippen LogP contribution < -0.4 is 0 Å². The maximum atomic E-state index is 12.2. The maximum absolute atomic E-state index is 12.2. The van der Waals surface area contributed by atoms with Gasteiger partial charge >= 0.3 is 11.9 Å². The number of benzene rings is 2. The van der Waals surface area contributed by atoms with Gasteiger partial charge in [0.1, 0.15) is 0 Å². The second kappa shape index (κ2) is 7.26. The fourth-order valence-electron chi connectivity index (χ4n) is 4.13. The monoisotopic (exact) mass is 340 g/mol. The number of hydrogen-bond donors (Lipinski definition) is 0. The lowest BCUT2D eigenvalue weighted by Crippen LogP contribution is -2.33. The Bertz CT molecular complexity index is 790.